The van der Waals surface area contributed by atoms with Crippen LogP contribution in [0.25, 0.3) is 11.4 Å². The van der Waals surface area contributed by atoms with Gasteiger partial charge in [-0.1, -0.05) is 78.0 Å². The van der Waals surface area contributed by atoms with Crippen molar-refractivity contribution in [1.82, 2.24) is 14.9 Å². The summed E-state index contributed by atoms with van der Waals surface area (Å²) < 4.78 is 1.45. The topological polar surface area (TPSA) is 77.0 Å². The molecular formula is C25H23N5OS. The number of anilines is 2. The Balaban J connectivity index is 1.41. The zero-order chi connectivity index (χ0) is 22.1. The summed E-state index contributed by atoms with van der Waals surface area (Å²) in [5.74, 6) is 7.02. The van der Waals surface area contributed by atoms with Gasteiger partial charge >= 0.3 is 0 Å². The molecule has 0 bridgehead atoms. The van der Waals surface area contributed by atoms with Gasteiger partial charge in [-0.2, -0.15) is 0 Å². The first-order valence-electron chi connectivity index (χ1n) is 10.5. The Hall–Kier alpha value is -3.58. The number of aryl methyl sites for hydroxylation is 3. The van der Waals surface area contributed by atoms with Crippen LogP contribution in [0.3, 0.4) is 0 Å². The molecule has 5 rings (SSSR count). The smallest absolute Gasteiger partial charge is 0.242 e. The molecule has 1 aliphatic rings. The van der Waals surface area contributed by atoms with E-state index in [4.69, 9.17) is 5.84 Å². The van der Waals surface area contributed by atoms with E-state index in [1.165, 1.54) is 27.6 Å². The molecule has 1 aromatic heterocycles. The van der Waals surface area contributed by atoms with Crippen LogP contribution in [0.1, 0.15) is 16.7 Å². The molecule has 0 saturated heterocycles. The van der Waals surface area contributed by atoms with Crippen molar-refractivity contribution in [3.8, 4) is 11.4 Å². The molecule has 0 unspecified atom stereocenters. The zero-order valence-electron chi connectivity index (χ0n) is 17.7. The molecule has 1 aliphatic heterocycles. The van der Waals surface area contributed by atoms with E-state index in [1.54, 1.807) is 0 Å². The standard InChI is InChI=1S/C25H23N5OS/c1-17-10-12-20(13-11-17)24-27-28-25(30(24)26)32-16-23(31)29-21-8-4-2-6-18(21)14-15-19-7-3-5-9-22(19)29/h2-13H,14-16,26H2,1H3. The highest BCUT2D eigenvalue weighted by molar-refractivity contribution is 7.99. The Morgan fingerprint density at radius 1 is 0.906 bits per heavy atom. The van der Waals surface area contributed by atoms with Crippen LogP contribution in [-0.2, 0) is 17.6 Å². The Morgan fingerprint density at radius 3 is 2.12 bits per heavy atom. The summed E-state index contributed by atoms with van der Waals surface area (Å²) in [6.45, 7) is 2.03. The van der Waals surface area contributed by atoms with E-state index < -0.39 is 0 Å². The van der Waals surface area contributed by atoms with Crippen molar-refractivity contribution in [2.75, 3.05) is 16.5 Å². The van der Waals surface area contributed by atoms with Crippen molar-refractivity contribution >= 4 is 29.0 Å². The van der Waals surface area contributed by atoms with Gasteiger partial charge in [0.05, 0.1) is 17.1 Å². The van der Waals surface area contributed by atoms with Gasteiger partial charge in [0, 0.05) is 5.56 Å². The Kier molecular flexibility index (Phi) is 5.41. The maximum absolute atomic E-state index is 13.5. The normalized spacial score (nSPS) is 12.7. The number of para-hydroxylation sites is 2. The number of thioether (sulfide) groups is 1. The van der Waals surface area contributed by atoms with Crippen molar-refractivity contribution < 1.29 is 4.79 Å². The molecule has 0 spiro atoms. The van der Waals surface area contributed by atoms with Crippen LogP contribution in [0.4, 0.5) is 11.4 Å². The third-order valence-electron chi connectivity index (χ3n) is 5.68. The molecule has 1 amide bonds. The van der Waals surface area contributed by atoms with Gasteiger partial charge in [-0.05, 0) is 43.0 Å². The molecule has 32 heavy (non-hydrogen) atoms. The predicted octanol–water partition coefficient (Wildman–Crippen LogP) is 4.52. The molecule has 6 nitrogen and oxygen atoms in total. The molecule has 4 aromatic rings. The first-order chi connectivity index (χ1) is 15.6. The Morgan fingerprint density at radius 2 is 1.50 bits per heavy atom. The number of nitrogens with zero attached hydrogens (tertiary/aromatic N) is 4. The summed E-state index contributed by atoms with van der Waals surface area (Å²) in [6.07, 6.45) is 1.81. The van der Waals surface area contributed by atoms with Gasteiger partial charge in [0.15, 0.2) is 5.82 Å². The van der Waals surface area contributed by atoms with Crippen LogP contribution in [0.2, 0.25) is 0 Å². The molecule has 0 saturated carbocycles. The second-order valence-electron chi connectivity index (χ2n) is 7.82. The maximum atomic E-state index is 13.5. The van der Waals surface area contributed by atoms with Gasteiger partial charge in [0.25, 0.3) is 0 Å². The summed E-state index contributed by atoms with van der Waals surface area (Å²) in [5, 5.41) is 8.96. The van der Waals surface area contributed by atoms with Gasteiger partial charge in [0.2, 0.25) is 11.1 Å². The average molecular weight is 442 g/mol. The highest BCUT2D eigenvalue weighted by Gasteiger charge is 2.26. The molecule has 7 heteroatoms. The number of hydrogen-bond donors (Lipinski definition) is 1. The number of hydrogen-bond acceptors (Lipinski definition) is 5. The van der Waals surface area contributed by atoms with Crippen molar-refractivity contribution in [2.24, 2.45) is 0 Å². The number of fused-ring (bicyclic) bond motifs is 2. The SMILES string of the molecule is Cc1ccc(-c2nnc(SCC(=O)N3c4ccccc4CCc4ccccc43)n2N)cc1. The van der Waals surface area contributed by atoms with Crippen LogP contribution in [-0.4, -0.2) is 26.5 Å². The fraction of sp³-hybridized carbons (Fsp3) is 0.160. The predicted molar refractivity (Wildman–Crippen MR) is 129 cm³/mol. The van der Waals surface area contributed by atoms with Crippen LogP contribution in [0.15, 0.2) is 78.0 Å². The lowest BCUT2D eigenvalue weighted by Gasteiger charge is -2.24. The minimum Gasteiger partial charge on any atom is -0.335 e. The Bertz CT molecular complexity index is 1230. The molecule has 0 aliphatic carbocycles. The Labute approximate surface area is 191 Å². The number of carbonyl (C=O) groups excluding carboxylic acids is 1. The summed E-state index contributed by atoms with van der Waals surface area (Å²) in [6, 6.07) is 24.2. The minimum atomic E-state index is -0.0170. The third kappa shape index (κ3) is 3.76. The van der Waals surface area contributed by atoms with E-state index >= 15 is 0 Å². The first kappa shape index (κ1) is 20.3. The maximum Gasteiger partial charge on any atom is 0.242 e. The largest absolute Gasteiger partial charge is 0.335 e. The number of amides is 1. The van der Waals surface area contributed by atoms with Crippen molar-refractivity contribution in [1.29, 1.82) is 0 Å². The fourth-order valence-corrected chi connectivity index (χ4v) is 4.72. The van der Waals surface area contributed by atoms with Crippen LogP contribution in [0, 0.1) is 6.92 Å². The van der Waals surface area contributed by atoms with E-state index in [9.17, 15) is 4.79 Å². The molecule has 160 valence electrons. The summed E-state index contributed by atoms with van der Waals surface area (Å²) in [5.41, 5.74) is 6.28. The second kappa shape index (κ2) is 8.51. The number of aromatic nitrogens is 3. The average Bonchev–Trinajstić information content (AvgIpc) is 3.09. The van der Waals surface area contributed by atoms with E-state index in [0.717, 1.165) is 35.3 Å². The van der Waals surface area contributed by atoms with Gasteiger partial charge in [-0.25, -0.2) is 4.68 Å². The monoisotopic (exact) mass is 441 g/mol. The zero-order valence-corrected chi connectivity index (χ0v) is 18.5. The molecule has 3 aromatic carbocycles. The number of benzene rings is 3. The molecule has 0 atom stereocenters. The molecule has 2 N–H and O–H groups in total. The second-order valence-corrected chi connectivity index (χ2v) is 8.76. The van der Waals surface area contributed by atoms with Gasteiger partial charge < -0.3 is 5.84 Å². The summed E-state index contributed by atoms with van der Waals surface area (Å²) >= 11 is 1.30. The van der Waals surface area contributed by atoms with Gasteiger partial charge in [0.1, 0.15) is 0 Å². The minimum absolute atomic E-state index is 0.0170. The van der Waals surface area contributed by atoms with Crippen molar-refractivity contribution in [3.63, 3.8) is 0 Å². The van der Waals surface area contributed by atoms with E-state index in [-0.39, 0.29) is 11.7 Å². The lowest BCUT2D eigenvalue weighted by molar-refractivity contribution is -0.115. The summed E-state index contributed by atoms with van der Waals surface area (Å²) in [7, 11) is 0. The van der Waals surface area contributed by atoms with Crippen LogP contribution >= 0.6 is 11.8 Å². The third-order valence-corrected chi connectivity index (χ3v) is 6.60. The lowest BCUT2D eigenvalue weighted by atomic mass is 10.0. The van der Waals surface area contributed by atoms with E-state index in [2.05, 4.69) is 22.3 Å². The molecule has 0 fully saturated rings. The molecular weight excluding hydrogens is 418 g/mol. The van der Waals surface area contributed by atoms with E-state index in [1.807, 2.05) is 72.5 Å². The number of rotatable bonds is 4. The number of nitrogens with two attached hydrogens (primary N) is 1. The molecule has 2 heterocycles. The van der Waals surface area contributed by atoms with Crippen molar-refractivity contribution in [2.45, 2.75) is 24.9 Å². The lowest BCUT2D eigenvalue weighted by Crippen LogP contribution is -2.28. The quantitative estimate of drug-likeness (QED) is 0.372. The van der Waals surface area contributed by atoms with Crippen LogP contribution < -0.4 is 10.7 Å². The van der Waals surface area contributed by atoms with E-state index in [0.29, 0.717) is 11.0 Å². The van der Waals surface area contributed by atoms with Gasteiger partial charge in [-0.15, -0.1) is 10.2 Å². The molecule has 0 radical (unpaired) electrons. The first-order valence-corrected chi connectivity index (χ1v) is 11.5. The number of nitrogen functional groups attached to an aromatic ring is 1. The van der Waals surface area contributed by atoms with Crippen LogP contribution in [0.5, 0.6) is 0 Å². The highest BCUT2D eigenvalue weighted by atomic mass is 32.2. The van der Waals surface area contributed by atoms with Gasteiger partial charge in [-0.3, -0.25) is 9.69 Å². The highest BCUT2D eigenvalue weighted by Crippen LogP contribution is 2.36. The van der Waals surface area contributed by atoms with Crippen molar-refractivity contribution in [3.05, 3.63) is 89.5 Å². The fourth-order valence-electron chi connectivity index (χ4n) is 4.01. The summed E-state index contributed by atoms with van der Waals surface area (Å²) in [4.78, 5) is 15.3. The number of carbonyl (C=O) groups is 1.